The average molecular weight is 695 g/mol. The molecule has 238 valence electrons. The van der Waals surface area contributed by atoms with Gasteiger partial charge in [0.05, 0.1) is 23.5 Å². The molecule has 3 aromatic carbocycles. The summed E-state index contributed by atoms with van der Waals surface area (Å²) in [7, 11) is 1.54. The van der Waals surface area contributed by atoms with Crippen molar-refractivity contribution in [3.05, 3.63) is 116 Å². The highest BCUT2D eigenvalue weighted by molar-refractivity contribution is 9.10. The van der Waals surface area contributed by atoms with Crippen molar-refractivity contribution in [2.75, 3.05) is 18.5 Å². The highest BCUT2D eigenvalue weighted by Gasteiger charge is 2.37. The van der Waals surface area contributed by atoms with Crippen molar-refractivity contribution < 1.29 is 22.8 Å². The third kappa shape index (κ3) is 6.18. The molecule has 2 amide bonds. The Labute approximate surface area is 272 Å². The van der Waals surface area contributed by atoms with Crippen LogP contribution in [0.15, 0.2) is 82.1 Å². The third-order valence-electron chi connectivity index (χ3n) is 8.44. The Kier molecular flexibility index (Phi) is 8.49. The summed E-state index contributed by atoms with van der Waals surface area (Å²) in [5.41, 5.74) is 1.30. The van der Waals surface area contributed by atoms with Crippen molar-refractivity contribution in [3.8, 4) is 5.69 Å². The van der Waals surface area contributed by atoms with Gasteiger partial charge in [-0.25, -0.2) is 9.55 Å². The van der Waals surface area contributed by atoms with Crippen molar-refractivity contribution in [3.63, 3.8) is 0 Å². The molecule has 1 atom stereocenters. The van der Waals surface area contributed by atoms with Crippen LogP contribution in [0.1, 0.15) is 57.3 Å². The second kappa shape index (κ2) is 12.4. The lowest BCUT2D eigenvalue weighted by Gasteiger charge is -2.36. The summed E-state index contributed by atoms with van der Waals surface area (Å²) in [5, 5.41) is 2.60. The predicted octanol–water partition coefficient (Wildman–Crippen LogP) is 6.51. The van der Waals surface area contributed by atoms with Gasteiger partial charge in [0.15, 0.2) is 0 Å². The summed E-state index contributed by atoms with van der Waals surface area (Å²) >= 11 is 2.94. The Morgan fingerprint density at radius 3 is 2.33 bits per heavy atom. The number of nitrogens with zero attached hydrogens (tertiary/aromatic N) is 4. The Hall–Kier alpha value is -4.45. The highest BCUT2D eigenvalue weighted by Crippen LogP contribution is 2.37. The van der Waals surface area contributed by atoms with Crippen molar-refractivity contribution in [1.29, 1.82) is 0 Å². The number of carbonyl (C=O) groups is 2. The number of benzene rings is 3. The number of fused-ring (bicyclic) bond motifs is 1. The molecule has 12 heteroatoms. The molecular weight excluding hydrogens is 663 g/mol. The third-order valence-corrected chi connectivity index (χ3v) is 9.13. The zero-order valence-electron chi connectivity index (χ0n) is 25.1. The summed E-state index contributed by atoms with van der Waals surface area (Å²) in [6.07, 6.45) is -2.38. The maximum atomic E-state index is 14.4. The van der Waals surface area contributed by atoms with Gasteiger partial charge < -0.3 is 15.1 Å². The number of aromatic nitrogens is 2. The van der Waals surface area contributed by atoms with Gasteiger partial charge in [-0.15, -0.1) is 0 Å². The van der Waals surface area contributed by atoms with E-state index in [1.807, 2.05) is 35.2 Å². The number of alkyl halides is 3. The lowest BCUT2D eigenvalue weighted by atomic mass is 9.98. The van der Waals surface area contributed by atoms with Gasteiger partial charge in [0.25, 0.3) is 17.4 Å². The summed E-state index contributed by atoms with van der Waals surface area (Å²) in [6.45, 7) is 2.34. The van der Waals surface area contributed by atoms with Gasteiger partial charge in [0, 0.05) is 46.5 Å². The second-order valence-corrected chi connectivity index (χ2v) is 12.5. The molecule has 2 heterocycles. The lowest BCUT2D eigenvalue weighted by molar-refractivity contribution is -0.138. The van der Waals surface area contributed by atoms with E-state index < -0.39 is 23.7 Å². The van der Waals surface area contributed by atoms with E-state index in [-0.39, 0.29) is 34.5 Å². The van der Waals surface area contributed by atoms with Gasteiger partial charge in [0.2, 0.25) is 5.95 Å². The minimum atomic E-state index is -4.64. The normalized spacial score (nSPS) is 16.1. The van der Waals surface area contributed by atoms with Crippen molar-refractivity contribution in [2.45, 2.75) is 44.9 Å². The molecule has 0 saturated heterocycles. The number of hydrogen-bond donors (Lipinski definition) is 1. The standard InChI is InChI=1S/C34H31BrF3N5O3/c1-20-16-26-29(19-41(20)31(45)23-12-15-28(35)27(17-23)34(36,37)38)40-33(42(18-21-8-9-21)24-6-4-3-5-7-24)43(32(26)46)25-13-10-22(11-14-25)30(44)39-2/h3-7,10-15,17,20-21H,8-9,16,18-19H2,1-2H3,(H,39,44)/t20-/m1/s1. The SMILES string of the molecule is CNC(=O)c1ccc(-n2c(N(CC3CC3)c3ccccc3)nc3c(c2=O)C[C@@H](C)N(C(=O)c2ccc(Br)c(C(F)(F)F)c2)C3)cc1. The molecule has 4 aromatic rings. The minimum absolute atomic E-state index is 0.0442. The largest absolute Gasteiger partial charge is 0.417 e. The first-order valence-corrected chi connectivity index (χ1v) is 15.7. The van der Waals surface area contributed by atoms with E-state index in [9.17, 15) is 27.6 Å². The zero-order chi connectivity index (χ0) is 32.7. The predicted molar refractivity (Wildman–Crippen MR) is 172 cm³/mol. The van der Waals surface area contributed by atoms with Crippen LogP contribution in [0.25, 0.3) is 5.69 Å². The van der Waals surface area contributed by atoms with E-state index >= 15 is 0 Å². The van der Waals surface area contributed by atoms with Crippen LogP contribution in [0, 0.1) is 5.92 Å². The van der Waals surface area contributed by atoms with Crippen LogP contribution in [0.4, 0.5) is 24.8 Å². The maximum absolute atomic E-state index is 14.4. The Morgan fingerprint density at radius 2 is 1.70 bits per heavy atom. The van der Waals surface area contributed by atoms with Crippen LogP contribution in [-0.2, 0) is 19.1 Å². The molecule has 8 nitrogen and oxygen atoms in total. The number of halogens is 4. The number of para-hydroxylation sites is 1. The molecular formula is C34H31BrF3N5O3. The molecule has 0 radical (unpaired) electrons. The first kappa shape index (κ1) is 31.5. The molecule has 46 heavy (non-hydrogen) atoms. The summed E-state index contributed by atoms with van der Waals surface area (Å²) < 4.78 is 42.3. The van der Waals surface area contributed by atoms with Gasteiger partial charge >= 0.3 is 6.18 Å². The number of anilines is 2. The number of amides is 2. The number of nitrogens with one attached hydrogen (secondary N) is 1. The molecule has 2 aliphatic rings. The van der Waals surface area contributed by atoms with E-state index in [0.717, 1.165) is 24.6 Å². The van der Waals surface area contributed by atoms with Gasteiger partial charge in [-0.05, 0) is 86.7 Å². The summed E-state index contributed by atoms with van der Waals surface area (Å²) in [4.78, 5) is 48.8. The zero-order valence-corrected chi connectivity index (χ0v) is 26.7. The van der Waals surface area contributed by atoms with Gasteiger partial charge in [-0.1, -0.05) is 34.1 Å². The highest BCUT2D eigenvalue weighted by atomic mass is 79.9. The molecule has 1 N–H and O–H groups in total. The minimum Gasteiger partial charge on any atom is -0.355 e. The van der Waals surface area contributed by atoms with Crippen molar-refractivity contribution in [2.24, 2.45) is 5.92 Å². The van der Waals surface area contributed by atoms with Gasteiger partial charge in [0.1, 0.15) is 0 Å². The molecule has 1 aliphatic heterocycles. The molecule has 1 fully saturated rings. The van der Waals surface area contributed by atoms with Gasteiger partial charge in [-0.3, -0.25) is 14.4 Å². The van der Waals surface area contributed by atoms with Crippen LogP contribution >= 0.6 is 15.9 Å². The smallest absolute Gasteiger partial charge is 0.355 e. The topological polar surface area (TPSA) is 87.5 Å². The van der Waals surface area contributed by atoms with Crippen LogP contribution in [-0.4, -0.2) is 45.9 Å². The van der Waals surface area contributed by atoms with Crippen molar-refractivity contribution in [1.82, 2.24) is 19.8 Å². The number of rotatable bonds is 7. The average Bonchev–Trinajstić information content (AvgIpc) is 3.87. The molecule has 1 aliphatic carbocycles. The van der Waals surface area contributed by atoms with Crippen molar-refractivity contribution >= 4 is 39.4 Å². The quantitative estimate of drug-likeness (QED) is 0.239. The van der Waals surface area contributed by atoms with Crippen LogP contribution in [0.5, 0.6) is 0 Å². The first-order valence-electron chi connectivity index (χ1n) is 14.9. The monoisotopic (exact) mass is 693 g/mol. The Balaban J connectivity index is 1.47. The van der Waals surface area contributed by atoms with Crippen LogP contribution in [0.2, 0.25) is 0 Å². The molecule has 0 unspecified atom stereocenters. The fourth-order valence-electron chi connectivity index (χ4n) is 5.75. The molecule has 0 bridgehead atoms. The number of carbonyl (C=O) groups excluding carboxylic acids is 2. The first-order chi connectivity index (χ1) is 22.0. The molecule has 1 saturated carbocycles. The summed E-state index contributed by atoms with van der Waals surface area (Å²) in [5.74, 6) is -0.0598. The Morgan fingerprint density at radius 1 is 1.02 bits per heavy atom. The number of hydrogen-bond acceptors (Lipinski definition) is 5. The fraction of sp³-hybridized carbons (Fsp3) is 0.294. The second-order valence-electron chi connectivity index (χ2n) is 11.7. The van der Waals surface area contributed by atoms with E-state index in [1.165, 1.54) is 17.0 Å². The van der Waals surface area contributed by atoms with E-state index in [2.05, 4.69) is 21.2 Å². The molecule has 1 aromatic heterocycles. The molecule has 6 rings (SSSR count). The summed E-state index contributed by atoms with van der Waals surface area (Å²) in [6, 6.07) is 19.2. The van der Waals surface area contributed by atoms with E-state index in [0.29, 0.717) is 40.9 Å². The molecule has 0 spiro atoms. The maximum Gasteiger partial charge on any atom is 0.417 e. The Bertz CT molecular complexity index is 1860. The lowest BCUT2D eigenvalue weighted by Crippen LogP contribution is -2.46. The van der Waals surface area contributed by atoms with Crippen LogP contribution in [0.3, 0.4) is 0 Å². The van der Waals surface area contributed by atoms with E-state index in [1.54, 1.807) is 42.8 Å². The van der Waals surface area contributed by atoms with Gasteiger partial charge in [-0.2, -0.15) is 13.2 Å². The fourth-order valence-corrected chi connectivity index (χ4v) is 6.22. The van der Waals surface area contributed by atoms with E-state index in [4.69, 9.17) is 4.98 Å². The van der Waals surface area contributed by atoms with Crippen LogP contribution < -0.4 is 15.8 Å².